The number of halogens is 1. The number of fused-ring (bicyclic) bond motifs is 4. The Kier molecular flexibility index (Phi) is 4.13. The first-order valence-corrected chi connectivity index (χ1v) is 10.8. The quantitative estimate of drug-likeness (QED) is 0.541. The number of imide groups is 1. The molecule has 3 saturated heterocycles. The number of amides is 2. The predicted octanol–water partition coefficient (Wildman–Crippen LogP) is 2.90. The Balaban J connectivity index is 1.39. The van der Waals surface area contributed by atoms with E-state index in [9.17, 15) is 14.4 Å². The van der Waals surface area contributed by atoms with Crippen molar-refractivity contribution in [3.05, 3.63) is 53.1 Å². The summed E-state index contributed by atoms with van der Waals surface area (Å²) in [7, 11) is 0. The zero-order chi connectivity index (χ0) is 21.3. The second-order valence-corrected chi connectivity index (χ2v) is 8.80. The van der Waals surface area contributed by atoms with Gasteiger partial charge in [-0.3, -0.25) is 19.3 Å². The first-order chi connectivity index (χ1) is 15.0. The van der Waals surface area contributed by atoms with Gasteiger partial charge in [0, 0.05) is 22.7 Å². The van der Waals surface area contributed by atoms with Gasteiger partial charge in [-0.1, -0.05) is 11.6 Å². The second-order valence-electron chi connectivity index (χ2n) is 8.36. The molecule has 2 aromatic carbocycles. The fourth-order valence-electron chi connectivity index (χ4n) is 5.58. The Bertz CT molecular complexity index is 1120. The normalized spacial score (nSPS) is 28.9. The Labute approximate surface area is 183 Å². The lowest BCUT2D eigenvalue weighted by Crippen LogP contribution is -2.46. The molecule has 31 heavy (non-hydrogen) atoms. The largest absolute Gasteiger partial charge is 0.454 e. The van der Waals surface area contributed by atoms with Crippen LogP contribution in [0.5, 0.6) is 11.5 Å². The van der Waals surface area contributed by atoms with Crippen molar-refractivity contribution in [2.75, 3.05) is 18.2 Å². The summed E-state index contributed by atoms with van der Waals surface area (Å²) >= 11 is 5.98. The predicted molar refractivity (Wildman–Crippen MR) is 111 cm³/mol. The van der Waals surface area contributed by atoms with E-state index in [1.807, 2.05) is 0 Å². The maximum Gasteiger partial charge on any atom is 0.239 e. The fraction of sp³-hybridized carbons (Fsp3) is 0.348. The molecular formula is C23H19ClN2O5. The number of carbonyl (C=O) groups is 3. The van der Waals surface area contributed by atoms with Crippen LogP contribution in [0.15, 0.2) is 42.5 Å². The number of nitrogens with zero attached hydrogens (tertiary/aromatic N) is 2. The molecule has 4 unspecified atom stereocenters. The second kappa shape index (κ2) is 6.80. The Hall–Kier alpha value is -2.90. The molecule has 4 aliphatic heterocycles. The van der Waals surface area contributed by atoms with E-state index < -0.39 is 17.9 Å². The molecule has 3 fully saturated rings. The SMILES string of the molecule is O=C(c1ccc(Cl)cc1)C1C2C(=O)N(c3ccc4c(c3)OCO4)C(=O)C2C2CCCN21. The van der Waals surface area contributed by atoms with Crippen LogP contribution in [0.3, 0.4) is 0 Å². The van der Waals surface area contributed by atoms with Crippen LogP contribution in [0, 0.1) is 11.8 Å². The highest BCUT2D eigenvalue weighted by Crippen LogP contribution is 2.49. The average molecular weight is 439 g/mol. The average Bonchev–Trinajstić information content (AvgIpc) is 3.51. The van der Waals surface area contributed by atoms with Crippen LogP contribution in [0.1, 0.15) is 23.2 Å². The molecule has 0 radical (unpaired) electrons. The van der Waals surface area contributed by atoms with Gasteiger partial charge in [-0.25, -0.2) is 4.90 Å². The number of hydrogen-bond donors (Lipinski definition) is 0. The van der Waals surface area contributed by atoms with E-state index in [1.54, 1.807) is 42.5 Å². The van der Waals surface area contributed by atoms with Crippen LogP contribution < -0.4 is 14.4 Å². The number of Topliss-reactive ketones (excluding diaryl/α,β-unsaturated/α-hetero) is 1. The van der Waals surface area contributed by atoms with Crippen molar-refractivity contribution in [3.63, 3.8) is 0 Å². The van der Waals surface area contributed by atoms with Crippen LogP contribution in [-0.2, 0) is 9.59 Å². The van der Waals surface area contributed by atoms with Crippen molar-refractivity contribution >= 4 is 34.9 Å². The van der Waals surface area contributed by atoms with E-state index in [2.05, 4.69) is 4.90 Å². The number of benzene rings is 2. The third-order valence-corrected chi connectivity index (χ3v) is 7.12. The van der Waals surface area contributed by atoms with Crippen LogP contribution in [0.25, 0.3) is 0 Å². The minimum atomic E-state index is -0.689. The molecule has 0 saturated carbocycles. The number of hydrogen-bond acceptors (Lipinski definition) is 6. The van der Waals surface area contributed by atoms with E-state index in [-0.39, 0.29) is 30.4 Å². The van der Waals surface area contributed by atoms with Gasteiger partial charge in [0.1, 0.15) is 0 Å². The third-order valence-electron chi connectivity index (χ3n) is 6.86. The Morgan fingerprint density at radius 2 is 1.71 bits per heavy atom. The number of anilines is 1. The van der Waals surface area contributed by atoms with E-state index in [4.69, 9.17) is 21.1 Å². The fourth-order valence-corrected chi connectivity index (χ4v) is 5.70. The summed E-state index contributed by atoms with van der Waals surface area (Å²) in [5.41, 5.74) is 0.957. The monoisotopic (exact) mass is 438 g/mol. The lowest BCUT2D eigenvalue weighted by atomic mass is 9.85. The molecule has 6 rings (SSSR count). The van der Waals surface area contributed by atoms with Crippen LogP contribution >= 0.6 is 11.6 Å². The van der Waals surface area contributed by atoms with Gasteiger partial charge in [-0.05, 0) is 55.8 Å². The first-order valence-electron chi connectivity index (χ1n) is 10.4. The summed E-state index contributed by atoms with van der Waals surface area (Å²) in [6.45, 7) is 0.826. The zero-order valence-electron chi connectivity index (χ0n) is 16.5. The van der Waals surface area contributed by atoms with Crippen molar-refractivity contribution in [3.8, 4) is 11.5 Å². The molecule has 0 aliphatic carbocycles. The molecule has 2 amide bonds. The first kappa shape index (κ1) is 18.8. The summed E-state index contributed by atoms with van der Waals surface area (Å²) in [5, 5.41) is 0.543. The molecule has 2 aromatic rings. The van der Waals surface area contributed by atoms with Gasteiger partial charge in [0.2, 0.25) is 18.6 Å². The van der Waals surface area contributed by atoms with Gasteiger partial charge in [0.15, 0.2) is 17.3 Å². The van der Waals surface area contributed by atoms with E-state index in [1.165, 1.54) is 4.90 Å². The molecule has 4 heterocycles. The van der Waals surface area contributed by atoms with Gasteiger partial charge < -0.3 is 9.47 Å². The molecule has 7 nitrogen and oxygen atoms in total. The Morgan fingerprint density at radius 1 is 0.968 bits per heavy atom. The highest BCUT2D eigenvalue weighted by molar-refractivity contribution is 6.30. The lowest BCUT2D eigenvalue weighted by molar-refractivity contribution is -0.123. The molecule has 4 atom stereocenters. The lowest BCUT2D eigenvalue weighted by Gasteiger charge is -2.27. The molecule has 8 heteroatoms. The molecule has 4 aliphatic rings. The van der Waals surface area contributed by atoms with Gasteiger partial charge >= 0.3 is 0 Å². The van der Waals surface area contributed by atoms with Crippen LogP contribution in [-0.4, -0.2) is 47.9 Å². The van der Waals surface area contributed by atoms with Crippen molar-refractivity contribution in [1.82, 2.24) is 4.90 Å². The highest BCUT2D eigenvalue weighted by Gasteiger charge is 2.64. The number of ketones is 1. The van der Waals surface area contributed by atoms with Crippen molar-refractivity contribution in [1.29, 1.82) is 0 Å². The molecule has 0 spiro atoms. The van der Waals surface area contributed by atoms with Gasteiger partial charge in [-0.2, -0.15) is 0 Å². The van der Waals surface area contributed by atoms with Crippen molar-refractivity contribution in [2.45, 2.75) is 24.9 Å². The van der Waals surface area contributed by atoms with Crippen molar-refractivity contribution in [2.24, 2.45) is 11.8 Å². The molecule has 0 bridgehead atoms. The third kappa shape index (κ3) is 2.66. The molecule has 158 valence electrons. The molecule has 0 N–H and O–H groups in total. The summed E-state index contributed by atoms with van der Waals surface area (Å²) in [6.07, 6.45) is 1.71. The Morgan fingerprint density at radius 3 is 2.52 bits per heavy atom. The van der Waals surface area contributed by atoms with E-state index >= 15 is 0 Å². The zero-order valence-corrected chi connectivity index (χ0v) is 17.2. The van der Waals surface area contributed by atoms with Crippen LogP contribution in [0.2, 0.25) is 5.02 Å². The summed E-state index contributed by atoms with van der Waals surface area (Å²) in [4.78, 5) is 43.8. The summed E-state index contributed by atoms with van der Waals surface area (Å²) < 4.78 is 10.8. The van der Waals surface area contributed by atoms with Gasteiger partial charge in [0.25, 0.3) is 0 Å². The van der Waals surface area contributed by atoms with E-state index in [0.717, 1.165) is 12.8 Å². The molecule has 0 aromatic heterocycles. The maximum absolute atomic E-state index is 13.6. The molecular weight excluding hydrogens is 420 g/mol. The van der Waals surface area contributed by atoms with E-state index in [0.29, 0.717) is 34.3 Å². The summed E-state index contributed by atoms with van der Waals surface area (Å²) in [6, 6.07) is 11.0. The topological polar surface area (TPSA) is 76.1 Å². The number of carbonyl (C=O) groups excluding carboxylic acids is 3. The number of rotatable bonds is 3. The maximum atomic E-state index is 13.6. The van der Waals surface area contributed by atoms with Gasteiger partial charge in [-0.15, -0.1) is 0 Å². The summed E-state index contributed by atoms with van der Waals surface area (Å²) in [5.74, 6) is -0.808. The van der Waals surface area contributed by atoms with Gasteiger partial charge in [0.05, 0.1) is 23.6 Å². The number of ether oxygens (including phenoxy) is 2. The smallest absolute Gasteiger partial charge is 0.239 e. The highest BCUT2D eigenvalue weighted by atomic mass is 35.5. The minimum Gasteiger partial charge on any atom is -0.454 e. The van der Waals surface area contributed by atoms with Crippen molar-refractivity contribution < 1.29 is 23.9 Å². The van der Waals surface area contributed by atoms with Crippen LogP contribution in [0.4, 0.5) is 5.69 Å². The standard InChI is InChI=1S/C23H19ClN2O5/c24-13-5-3-12(4-6-13)21(27)20-19-18(15-2-1-9-25(15)20)22(28)26(23(19)29)14-7-8-16-17(10-14)31-11-30-16/h3-8,10,15,18-20H,1-2,9,11H2. The minimum absolute atomic E-state index is 0.0956.